The monoisotopic (exact) mass is 213 g/mol. The fraction of sp³-hybridized carbons (Fsp3) is 0.286. The van der Waals surface area contributed by atoms with Gasteiger partial charge in [-0.2, -0.15) is 13.2 Å². The molecule has 0 saturated carbocycles. The summed E-state index contributed by atoms with van der Waals surface area (Å²) in [7, 11) is 0. The molecule has 0 unspecified atom stereocenters. The van der Waals surface area contributed by atoms with Crippen molar-refractivity contribution >= 4 is 0 Å². The molecular formula is C7H4F5NO. The predicted molar refractivity (Wildman–Crippen MR) is 37.0 cm³/mol. The second kappa shape index (κ2) is 3.39. The normalized spacial score (nSPS) is 12.1. The first-order chi connectivity index (χ1) is 6.30. The molecule has 1 aromatic rings. The van der Waals surface area contributed by atoms with E-state index in [2.05, 4.69) is 0 Å². The summed E-state index contributed by atoms with van der Waals surface area (Å²) in [6.45, 7) is 0. The summed E-state index contributed by atoms with van der Waals surface area (Å²) in [6, 6.07) is 0.442. The Bertz CT molecular complexity index is 380. The predicted octanol–water partition coefficient (Wildman–Crippen LogP) is 2.33. The third kappa shape index (κ3) is 2.30. The lowest BCUT2D eigenvalue weighted by Gasteiger charge is -2.07. The fourth-order valence-electron chi connectivity index (χ4n) is 0.846. The van der Waals surface area contributed by atoms with E-state index < -0.39 is 29.4 Å². The molecule has 1 rings (SSSR count). The highest BCUT2D eigenvalue weighted by Crippen LogP contribution is 2.29. The number of hydrogen-bond donors (Lipinski definition) is 1. The van der Waals surface area contributed by atoms with E-state index in [1.54, 1.807) is 4.98 Å². The molecule has 2 nitrogen and oxygen atoms in total. The SMILES string of the molecule is O=c1cc(C(F)(F)F)cc(C(F)F)[nH]1. The van der Waals surface area contributed by atoms with Crippen molar-refractivity contribution in [2.75, 3.05) is 0 Å². The molecule has 0 fully saturated rings. The quantitative estimate of drug-likeness (QED) is 0.713. The second-order valence-corrected chi connectivity index (χ2v) is 2.49. The lowest BCUT2D eigenvalue weighted by Crippen LogP contribution is -2.15. The Kier molecular flexibility index (Phi) is 2.59. The zero-order chi connectivity index (χ0) is 10.9. The van der Waals surface area contributed by atoms with Gasteiger partial charge in [0.25, 0.3) is 6.43 Å². The third-order valence-electron chi connectivity index (χ3n) is 1.43. The summed E-state index contributed by atoms with van der Waals surface area (Å²) in [5.74, 6) is 0. The van der Waals surface area contributed by atoms with Crippen molar-refractivity contribution in [3.8, 4) is 0 Å². The van der Waals surface area contributed by atoms with Gasteiger partial charge in [-0.3, -0.25) is 4.79 Å². The van der Waals surface area contributed by atoms with Crippen LogP contribution < -0.4 is 5.56 Å². The van der Waals surface area contributed by atoms with Crippen molar-refractivity contribution < 1.29 is 22.0 Å². The molecule has 0 spiro atoms. The Morgan fingerprint density at radius 2 is 1.79 bits per heavy atom. The van der Waals surface area contributed by atoms with Crippen molar-refractivity contribution in [3.63, 3.8) is 0 Å². The molecule has 0 aliphatic heterocycles. The van der Waals surface area contributed by atoms with Crippen LogP contribution in [-0.2, 0) is 6.18 Å². The van der Waals surface area contributed by atoms with E-state index in [4.69, 9.17) is 0 Å². The molecule has 0 amide bonds. The number of nitrogens with one attached hydrogen (secondary N) is 1. The van der Waals surface area contributed by atoms with Crippen LogP contribution in [0.5, 0.6) is 0 Å². The Balaban J connectivity index is 3.28. The molecule has 0 aromatic carbocycles. The number of pyridine rings is 1. The Labute approximate surface area is 74.4 Å². The summed E-state index contributed by atoms with van der Waals surface area (Å²) < 4.78 is 60.0. The van der Waals surface area contributed by atoms with Crippen molar-refractivity contribution in [1.82, 2.24) is 4.98 Å². The van der Waals surface area contributed by atoms with Crippen LogP contribution in [0.4, 0.5) is 22.0 Å². The van der Waals surface area contributed by atoms with Crippen LogP contribution in [0.2, 0.25) is 0 Å². The number of hydrogen-bond acceptors (Lipinski definition) is 1. The van der Waals surface area contributed by atoms with Gasteiger partial charge >= 0.3 is 6.18 Å². The average molecular weight is 213 g/mol. The minimum absolute atomic E-state index is 0.214. The minimum Gasteiger partial charge on any atom is -0.321 e. The number of halogens is 5. The Hall–Kier alpha value is -1.40. The van der Waals surface area contributed by atoms with E-state index in [1.807, 2.05) is 0 Å². The first kappa shape index (κ1) is 10.7. The molecule has 1 aromatic heterocycles. The maximum absolute atomic E-state index is 12.0. The van der Waals surface area contributed by atoms with Gasteiger partial charge in [-0.15, -0.1) is 0 Å². The molecule has 0 aliphatic carbocycles. The van der Waals surface area contributed by atoms with Gasteiger partial charge in [0.1, 0.15) is 0 Å². The van der Waals surface area contributed by atoms with Gasteiger partial charge in [0.05, 0.1) is 11.3 Å². The van der Waals surface area contributed by atoms with Crippen LogP contribution in [0.25, 0.3) is 0 Å². The highest BCUT2D eigenvalue weighted by molar-refractivity contribution is 5.20. The Morgan fingerprint density at radius 1 is 1.21 bits per heavy atom. The van der Waals surface area contributed by atoms with Crippen LogP contribution in [0.3, 0.4) is 0 Å². The summed E-state index contributed by atoms with van der Waals surface area (Å²) in [5.41, 5.74) is -3.61. The van der Waals surface area contributed by atoms with E-state index in [0.29, 0.717) is 0 Å². The van der Waals surface area contributed by atoms with Gasteiger partial charge in [-0.25, -0.2) is 8.78 Å². The van der Waals surface area contributed by atoms with Gasteiger partial charge in [0.15, 0.2) is 0 Å². The van der Waals surface area contributed by atoms with Gasteiger partial charge in [-0.05, 0) is 6.07 Å². The molecule has 78 valence electrons. The lowest BCUT2D eigenvalue weighted by molar-refractivity contribution is -0.137. The summed E-state index contributed by atoms with van der Waals surface area (Å²) in [5, 5.41) is 0. The zero-order valence-electron chi connectivity index (χ0n) is 6.53. The Morgan fingerprint density at radius 3 is 2.21 bits per heavy atom. The third-order valence-corrected chi connectivity index (χ3v) is 1.43. The van der Waals surface area contributed by atoms with E-state index in [9.17, 15) is 26.7 Å². The lowest BCUT2D eigenvalue weighted by atomic mass is 10.2. The molecule has 0 atom stereocenters. The number of aromatic nitrogens is 1. The highest BCUT2D eigenvalue weighted by atomic mass is 19.4. The molecule has 0 radical (unpaired) electrons. The summed E-state index contributed by atoms with van der Waals surface area (Å²) >= 11 is 0. The molecule has 0 aliphatic rings. The van der Waals surface area contributed by atoms with Crippen LogP contribution >= 0.6 is 0 Å². The van der Waals surface area contributed by atoms with E-state index >= 15 is 0 Å². The number of alkyl halides is 5. The van der Waals surface area contributed by atoms with Crippen LogP contribution in [0.15, 0.2) is 16.9 Å². The maximum Gasteiger partial charge on any atom is 0.416 e. The molecule has 0 bridgehead atoms. The van der Waals surface area contributed by atoms with Gasteiger partial charge in [0, 0.05) is 6.07 Å². The van der Waals surface area contributed by atoms with Crippen LogP contribution in [-0.4, -0.2) is 4.98 Å². The van der Waals surface area contributed by atoms with Crippen molar-refractivity contribution in [3.05, 3.63) is 33.7 Å². The molecule has 0 saturated heterocycles. The molecule has 1 heterocycles. The maximum atomic E-state index is 12.0. The van der Waals surface area contributed by atoms with Gasteiger partial charge in [0.2, 0.25) is 5.56 Å². The van der Waals surface area contributed by atoms with Crippen LogP contribution in [0, 0.1) is 0 Å². The van der Waals surface area contributed by atoms with Crippen molar-refractivity contribution in [2.24, 2.45) is 0 Å². The van der Waals surface area contributed by atoms with E-state index in [-0.39, 0.29) is 12.1 Å². The van der Waals surface area contributed by atoms with Crippen LogP contribution in [0.1, 0.15) is 17.7 Å². The number of H-pyrrole nitrogens is 1. The summed E-state index contributed by atoms with van der Waals surface area (Å²) in [6.07, 6.45) is -7.93. The van der Waals surface area contributed by atoms with Crippen molar-refractivity contribution in [2.45, 2.75) is 12.6 Å². The molecule has 14 heavy (non-hydrogen) atoms. The highest BCUT2D eigenvalue weighted by Gasteiger charge is 2.32. The first-order valence-corrected chi connectivity index (χ1v) is 3.40. The van der Waals surface area contributed by atoms with Gasteiger partial charge < -0.3 is 4.98 Å². The standard InChI is InChI=1S/C7H4F5NO/c8-6(9)4-1-3(7(10,11)12)2-5(14)13-4/h1-2,6H,(H,13,14). The average Bonchev–Trinajstić information content (AvgIpc) is 2.01. The van der Waals surface area contributed by atoms with Gasteiger partial charge in [-0.1, -0.05) is 0 Å². The first-order valence-electron chi connectivity index (χ1n) is 3.40. The smallest absolute Gasteiger partial charge is 0.321 e. The number of rotatable bonds is 1. The second-order valence-electron chi connectivity index (χ2n) is 2.49. The van der Waals surface area contributed by atoms with Crippen molar-refractivity contribution in [1.29, 1.82) is 0 Å². The fourth-order valence-corrected chi connectivity index (χ4v) is 0.846. The molecule has 7 heteroatoms. The number of aromatic amines is 1. The largest absolute Gasteiger partial charge is 0.416 e. The minimum atomic E-state index is -4.79. The van der Waals surface area contributed by atoms with E-state index in [0.717, 1.165) is 0 Å². The van der Waals surface area contributed by atoms with E-state index in [1.165, 1.54) is 0 Å². The molecule has 1 N–H and O–H groups in total. The zero-order valence-corrected chi connectivity index (χ0v) is 6.53. The topological polar surface area (TPSA) is 32.9 Å². The molecular weight excluding hydrogens is 209 g/mol. The summed E-state index contributed by atoms with van der Waals surface area (Å²) in [4.78, 5) is 12.2.